The molecule has 0 saturated carbocycles. The molecule has 0 radical (unpaired) electrons. The second kappa shape index (κ2) is 4.81. The molecule has 98 valence electrons. The molecule has 1 aliphatic carbocycles. The summed E-state index contributed by atoms with van der Waals surface area (Å²) in [6, 6.07) is 12.1. The van der Waals surface area contributed by atoms with Crippen LogP contribution in [-0.4, -0.2) is 22.3 Å². The van der Waals surface area contributed by atoms with Gasteiger partial charge in [-0.3, -0.25) is 9.59 Å². The molecule has 1 heterocycles. The van der Waals surface area contributed by atoms with Crippen molar-refractivity contribution in [3.8, 4) is 0 Å². The predicted molar refractivity (Wildman–Crippen MR) is 75.6 cm³/mol. The Morgan fingerprint density at radius 3 is 2.40 bits per heavy atom. The summed E-state index contributed by atoms with van der Waals surface area (Å²) in [6.07, 6.45) is 1.60. The maximum Gasteiger partial charge on any atom is 0.208 e. The van der Waals surface area contributed by atoms with Gasteiger partial charge in [0.25, 0.3) is 0 Å². The standard InChI is InChI=1S/C16H12N2O2/c1-10-14(18-13-8-4-5-9-17-13)16(20)12-7-3-2-6-11(12)15(10)19/h2-10H,1H3. The van der Waals surface area contributed by atoms with Gasteiger partial charge in [-0.2, -0.15) is 0 Å². The monoisotopic (exact) mass is 264 g/mol. The first-order valence-corrected chi connectivity index (χ1v) is 6.36. The molecular weight excluding hydrogens is 252 g/mol. The van der Waals surface area contributed by atoms with Crippen molar-refractivity contribution in [1.82, 2.24) is 4.98 Å². The van der Waals surface area contributed by atoms with Crippen LogP contribution in [0.5, 0.6) is 0 Å². The van der Waals surface area contributed by atoms with Crippen molar-refractivity contribution in [3.63, 3.8) is 0 Å². The van der Waals surface area contributed by atoms with E-state index in [1.165, 1.54) is 0 Å². The molecule has 1 aliphatic rings. The Balaban J connectivity index is 2.13. The van der Waals surface area contributed by atoms with Crippen LogP contribution in [0.1, 0.15) is 27.6 Å². The van der Waals surface area contributed by atoms with E-state index < -0.39 is 5.92 Å². The number of rotatable bonds is 1. The van der Waals surface area contributed by atoms with E-state index in [9.17, 15) is 9.59 Å². The van der Waals surface area contributed by atoms with E-state index in [0.717, 1.165) is 0 Å². The summed E-state index contributed by atoms with van der Waals surface area (Å²) in [4.78, 5) is 33.1. The van der Waals surface area contributed by atoms with Crippen molar-refractivity contribution >= 4 is 23.1 Å². The van der Waals surface area contributed by atoms with Gasteiger partial charge in [-0.05, 0) is 19.1 Å². The molecule has 1 atom stereocenters. The number of benzene rings is 1. The lowest BCUT2D eigenvalue weighted by molar-refractivity contribution is 0.0927. The Hall–Kier alpha value is -2.62. The molecule has 0 aliphatic heterocycles. The Morgan fingerprint density at radius 1 is 1.00 bits per heavy atom. The van der Waals surface area contributed by atoms with E-state index in [2.05, 4.69) is 9.98 Å². The highest BCUT2D eigenvalue weighted by atomic mass is 16.1. The van der Waals surface area contributed by atoms with E-state index >= 15 is 0 Å². The zero-order valence-corrected chi connectivity index (χ0v) is 10.9. The van der Waals surface area contributed by atoms with Gasteiger partial charge in [-0.25, -0.2) is 9.98 Å². The number of ketones is 2. The number of Topliss-reactive ketones (excluding diaryl/α,β-unsaturated/α-hetero) is 2. The second-order valence-electron chi connectivity index (χ2n) is 4.65. The summed E-state index contributed by atoms with van der Waals surface area (Å²) in [5, 5.41) is 0. The van der Waals surface area contributed by atoms with Crippen LogP contribution in [0, 0.1) is 5.92 Å². The molecule has 1 aromatic carbocycles. The fraction of sp³-hybridized carbons (Fsp3) is 0.125. The van der Waals surface area contributed by atoms with E-state index in [0.29, 0.717) is 16.9 Å². The van der Waals surface area contributed by atoms with Gasteiger partial charge in [0.15, 0.2) is 11.6 Å². The van der Waals surface area contributed by atoms with Gasteiger partial charge in [-0.15, -0.1) is 0 Å². The van der Waals surface area contributed by atoms with Crippen LogP contribution >= 0.6 is 0 Å². The normalized spacial score (nSPS) is 20.1. The molecule has 0 bridgehead atoms. The van der Waals surface area contributed by atoms with Gasteiger partial charge in [0.05, 0.1) is 5.92 Å². The second-order valence-corrected chi connectivity index (χ2v) is 4.65. The molecule has 1 unspecified atom stereocenters. The molecule has 0 fully saturated rings. The molecule has 0 amide bonds. The van der Waals surface area contributed by atoms with Crippen molar-refractivity contribution in [2.45, 2.75) is 6.92 Å². The largest absolute Gasteiger partial charge is 0.293 e. The molecular formula is C16H12N2O2. The lowest BCUT2D eigenvalue weighted by Crippen LogP contribution is -2.35. The third kappa shape index (κ3) is 1.95. The van der Waals surface area contributed by atoms with E-state index in [-0.39, 0.29) is 17.3 Å². The summed E-state index contributed by atoms with van der Waals surface area (Å²) in [5.41, 5.74) is 1.16. The fourth-order valence-electron chi connectivity index (χ4n) is 2.28. The first-order chi connectivity index (χ1) is 9.68. The first kappa shape index (κ1) is 12.4. The van der Waals surface area contributed by atoms with Crippen LogP contribution in [0.4, 0.5) is 5.82 Å². The average molecular weight is 264 g/mol. The molecule has 0 N–H and O–H groups in total. The third-order valence-corrected chi connectivity index (χ3v) is 3.36. The molecule has 0 saturated heterocycles. The maximum absolute atomic E-state index is 12.5. The lowest BCUT2D eigenvalue weighted by Gasteiger charge is -2.20. The van der Waals surface area contributed by atoms with Crippen molar-refractivity contribution in [2.75, 3.05) is 0 Å². The average Bonchev–Trinajstić information content (AvgIpc) is 2.50. The minimum absolute atomic E-state index is 0.0742. The highest BCUT2D eigenvalue weighted by molar-refractivity contribution is 6.53. The maximum atomic E-state index is 12.5. The first-order valence-electron chi connectivity index (χ1n) is 6.36. The Bertz CT molecular complexity index is 720. The van der Waals surface area contributed by atoms with Gasteiger partial charge in [0, 0.05) is 17.3 Å². The van der Waals surface area contributed by atoms with Crippen LogP contribution in [0.25, 0.3) is 0 Å². The van der Waals surface area contributed by atoms with Gasteiger partial charge in [0.2, 0.25) is 5.78 Å². The molecule has 4 heteroatoms. The van der Waals surface area contributed by atoms with E-state index in [1.807, 2.05) is 0 Å². The number of carbonyl (C=O) groups excluding carboxylic acids is 2. The van der Waals surface area contributed by atoms with Crippen molar-refractivity contribution in [1.29, 1.82) is 0 Å². The van der Waals surface area contributed by atoms with E-state index in [1.54, 1.807) is 55.6 Å². The molecule has 3 rings (SSSR count). The minimum atomic E-state index is -0.542. The van der Waals surface area contributed by atoms with Crippen LogP contribution in [-0.2, 0) is 0 Å². The zero-order valence-electron chi connectivity index (χ0n) is 10.9. The molecule has 0 spiro atoms. The van der Waals surface area contributed by atoms with Gasteiger partial charge < -0.3 is 0 Å². The molecule has 4 nitrogen and oxygen atoms in total. The Labute approximate surface area is 116 Å². The topological polar surface area (TPSA) is 59.4 Å². The van der Waals surface area contributed by atoms with Gasteiger partial charge in [-0.1, -0.05) is 30.3 Å². The number of pyridine rings is 1. The summed E-state index contributed by atoms with van der Waals surface area (Å²) < 4.78 is 0. The number of hydrogen-bond acceptors (Lipinski definition) is 4. The SMILES string of the molecule is CC1C(=O)c2ccccc2C(=O)C1=Nc1ccccn1. The van der Waals surface area contributed by atoms with Crippen LogP contribution in [0.3, 0.4) is 0 Å². The molecule has 2 aromatic rings. The molecule has 1 aromatic heterocycles. The molecule has 20 heavy (non-hydrogen) atoms. The quantitative estimate of drug-likeness (QED) is 0.795. The summed E-state index contributed by atoms with van der Waals surface area (Å²) in [7, 11) is 0. The number of aromatic nitrogens is 1. The van der Waals surface area contributed by atoms with Crippen molar-refractivity contribution in [2.24, 2.45) is 10.9 Å². The highest BCUT2D eigenvalue weighted by Gasteiger charge is 2.35. The minimum Gasteiger partial charge on any atom is -0.293 e. The van der Waals surface area contributed by atoms with Crippen LogP contribution in [0.15, 0.2) is 53.7 Å². The number of hydrogen-bond donors (Lipinski definition) is 0. The number of aliphatic imine (C=N–C) groups is 1. The number of nitrogens with zero attached hydrogens (tertiary/aromatic N) is 2. The van der Waals surface area contributed by atoms with Crippen molar-refractivity contribution in [3.05, 3.63) is 59.8 Å². The Kier molecular flexibility index (Phi) is 2.99. The van der Waals surface area contributed by atoms with Gasteiger partial charge in [0.1, 0.15) is 5.71 Å². The number of carbonyl (C=O) groups is 2. The summed E-state index contributed by atoms with van der Waals surface area (Å²) in [6.45, 7) is 1.71. The highest BCUT2D eigenvalue weighted by Crippen LogP contribution is 2.25. The summed E-state index contributed by atoms with van der Waals surface area (Å²) in [5.74, 6) is -0.373. The lowest BCUT2D eigenvalue weighted by atomic mass is 9.81. The third-order valence-electron chi connectivity index (χ3n) is 3.36. The fourth-order valence-corrected chi connectivity index (χ4v) is 2.28. The van der Waals surface area contributed by atoms with Crippen LogP contribution in [0.2, 0.25) is 0 Å². The van der Waals surface area contributed by atoms with Gasteiger partial charge >= 0.3 is 0 Å². The predicted octanol–water partition coefficient (Wildman–Crippen LogP) is 2.87. The smallest absolute Gasteiger partial charge is 0.208 e. The van der Waals surface area contributed by atoms with E-state index in [4.69, 9.17) is 0 Å². The summed E-state index contributed by atoms with van der Waals surface area (Å²) >= 11 is 0. The number of fused-ring (bicyclic) bond motifs is 1. The van der Waals surface area contributed by atoms with Crippen molar-refractivity contribution < 1.29 is 9.59 Å². The zero-order chi connectivity index (χ0) is 14.1. The Morgan fingerprint density at radius 2 is 1.70 bits per heavy atom. The van der Waals surface area contributed by atoms with Crippen LogP contribution < -0.4 is 0 Å².